The first-order valence-electron chi connectivity index (χ1n) is 3.13. The second-order valence-corrected chi connectivity index (χ2v) is 4.68. The van der Waals surface area contributed by atoms with Gasteiger partial charge in [0.1, 0.15) is 10.0 Å². The van der Waals surface area contributed by atoms with Gasteiger partial charge in [-0.15, -0.1) is 0 Å². The molecule has 1 aromatic rings. The maximum atomic E-state index is 11.2. The Morgan fingerprint density at radius 3 is 2.64 bits per heavy atom. The Morgan fingerprint density at radius 1 is 1.64 bits per heavy atom. The third kappa shape index (κ3) is 1.57. The highest BCUT2D eigenvalue weighted by atomic mass is 35.5. The first-order valence-corrected chi connectivity index (χ1v) is 5.16. The van der Waals surface area contributed by atoms with Crippen LogP contribution in [0.1, 0.15) is 6.92 Å². The summed E-state index contributed by atoms with van der Waals surface area (Å²) in [5.74, 6) is 0.0740. The highest BCUT2D eigenvalue weighted by Gasteiger charge is 2.15. The lowest BCUT2D eigenvalue weighted by Crippen LogP contribution is -2.02. The molecule has 0 fully saturated rings. The largest absolute Gasteiger partial charge is 0.351 e. The van der Waals surface area contributed by atoms with Gasteiger partial charge in [0, 0.05) is 6.20 Å². The fourth-order valence-corrected chi connectivity index (χ4v) is 2.13. The lowest BCUT2D eigenvalue weighted by Gasteiger charge is -1.96. The summed E-state index contributed by atoms with van der Waals surface area (Å²) in [6.07, 6.45) is 1.50. The summed E-state index contributed by atoms with van der Waals surface area (Å²) in [6.45, 7) is 1.58. The fraction of sp³-hybridized carbons (Fsp3) is 0.333. The summed E-state index contributed by atoms with van der Waals surface area (Å²) in [5.41, 5.74) is 0. The van der Waals surface area contributed by atoms with Gasteiger partial charge >= 0.3 is 0 Å². The molecule has 0 radical (unpaired) electrons. The van der Waals surface area contributed by atoms with Crippen molar-refractivity contribution in [3.8, 4) is 0 Å². The van der Waals surface area contributed by atoms with E-state index in [4.69, 9.17) is 11.6 Å². The van der Waals surface area contributed by atoms with Gasteiger partial charge in [-0.1, -0.05) is 18.5 Å². The van der Waals surface area contributed by atoms with Crippen molar-refractivity contribution < 1.29 is 8.42 Å². The van der Waals surface area contributed by atoms with E-state index < -0.39 is 9.84 Å². The zero-order valence-corrected chi connectivity index (χ0v) is 7.54. The number of H-pyrrole nitrogens is 1. The molecule has 1 heterocycles. The molecule has 0 aliphatic carbocycles. The summed E-state index contributed by atoms with van der Waals surface area (Å²) in [5, 5.41) is 0.187. The quantitative estimate of drug-likeness (QED) is 0.773. The van der Waals surface area contributed by atoms with Crippen molar-refractivity contribution in [1.29, 1.82) is 0 Å². The minimum atomic E-state index is -3.15. The normalized spacial score (nSPS) is 11.8. The molecule has 0 spiro atoms. The predicted octanol–water partition coefficient (Wildman–Crippen LogP) is 1.46. The van der Waals surface area contributed by atoms with Crippen LogP contribution in [0, 0.1) is 0 Å². The first kappa shape index (κ1) is 8.62. The summed E-state index contributed by atoms with van der Waals surface area (Å²) in [7, 11) is -3.15. The molecule has 62 valence electrons. The predicted molar refractivity (Wildman–Crippen MR) is 43.5 cm³/mol. The summed E-state index contributed by atoms with van der Waals surface area (Å²) in [6, 6.07) is 1.46. The zero-order chi connectivity index (χ0) is 8.48. The lowest BCUT2D eigenvalue weighted by molar-refractivity contribution is 0.597. The van der Waals surface area contributed by atoms with Crippen LogP contribution in [0.5, 0.6) is 0 Å². The van der Waals surface area contributed by atoms with Crippen molar-refractivity contribution in [2.45, 2.75) is 11.8 Å². The molecule has 0 saturated carbocycles. The van der Waals surface area contributed by atoms with E-state index in [-0.39, 0.29) is 15.8 Å². The molecule has 0 unspecified atom stereocenters. The zero-order valence-electron chi connectivity index (χ0n) is 5.96. The summed E-state index contributed by atoms with van der Waals surface area (Å²) < 4.78 is 22.4. The maximum absolute atomic E-state index is 11.2. The van der Waals surface area contributed by atoms with Gasteiger partial charge in [0.25, 0.3) is 0 Å². The van der Waals surface area contributed by atoms with Gasteiger partial charge in [0.2, 0.25) is 0 Å². The third-order valence-corrected chi connectivity index (χ3v) is 3.57. The summed E-state index contributed by atoms with van der Waals surface area (Å²) >= 11 is 5.57. The number of aromatic nitrogens is 1. The van der Waals surface area contributed by atoms with Gasteiger partial charge in [0.15, 0.2) is 9.84 Å². The second-order valence-electron chi connectivity index (χ2n) is 2.06. The average Bonchev–Trinajstić information content (AvgIpc) is 2.36. The van der Waals surface area contributed by atoms with E-state index in [0.717, 1.165) is 0 Å². The minimum Gasteiger partial charge on any atom is -0.351 e. The number of hydrogen-bond acceptors (Lipinski definition) is 2. The van der Waals surface area contributed by atoms with Crippen LogP contribution >= 0.6 is 11.6 Å². The second kappa shape index (κ2) is 2.87. The third-order valence-electron chi connectivity index (χ3n) is 1.38. The van der Waals surface area contributed by atoms with Crippen LogP contribution in [0.4, 0.5) is 0 Å². The van der Waals surface area contributed by atoms with Crippen molar-refractivity contribution >= 4 is 21.4 Å². The van der Waals surface area contributed by atoms with Gasteiger partial charge in [-0.3, -0.25) is 0 Å². The first-order chi connectivity index (χ1) is 5.08. The highest BCUT2D eigenvalue weighted by molar-refractivity contribution is 7.91. The number of halogens is 1. The van der Waals surface area contributed by atoms with Crippen LogP contribution in [-0.4, -0.2) is 19.2 Å². The molecular weight excluding hydrogens is 186 g/mol. The highest BCUT2D eigenvalue weighted by Crippen LogP contribution is 2.19. The Morgan fingerprint density at radius 2 is 2.27 bits per heavy atom. The van der Waals surface area contributed by atoms with Crippen molar-refractivity contribution in [3.05, 3.63) is 17.4 Å². The van der Waals surface area contributed by atoms with Gasteiger partial charge in [-0.2, -0.15) is 0 Å². The molecule has 1 N–H and O–H groups in total. The molecule has 0 aliphatic rings. The van der Waals surface area contributed by atoms with E-state index in [1.165, 1.54) is 12.3 Å². The van der Waals surface area contributed by atoms with E-state index in [9.17, 15) is 8.42 Å². The molecule has 1 rings (SSSR count). The molecule has 0 amide bonds. The minimum absolute atomic E-state index is 0.0740. The van der Waals surface area contributed by atoms with E-state index in [2.05, 4.69) is 4.98 Å². The number of sulfone groups is 1. The van der Waals surface area contributed by atoms with Crippen molar-refractivity contribution in [2.75, 3.05) is 5.75 Å². The van der Waals surface area contributed by atoms with Crippen LogP contribution in [0.15, 0.2) is 17.2 Å². The van der Waals surface area contributed by atoms with Gasteiger partial charge in [0.05, 0.1) is 5.75 Å². The molecule has 0 aromatic carbocycles. The smallest absolute Gasteiger partial charge is 0.181 e. The van der Waals surface area contributed by atoms with Crippen LogP contribution in [0.25, 0.3) is 0 Å². The van der Waals surface area contributed by atoms with E-state index in [1.807, 2.05) is 0 Å². The molecule has 11 heavy (non-hydrogen) atoms. The average molecular weight is 194 g/mol. The van der Waals surface area contributed by atoms with Crippen LogP contribution in [0.2, 0.25) is 5.15 Å². The van der Waals surface area contributed by atoms with E-state index in [1.54, 1.807) is 6.92 Å². The van der Waals surface area contributed by atoms with E-state index >= 15 is 0 Å². The van der Waals surface area contributed by atoms with Crippen molar-refractivity contribution in [3.63, 3.8) is 0 Å². The molecule has 0 bridgehead atoms. The number of nitrogens with one attached hydrogen (secondary N) is 1. The molecule has 0 aliphatic heterocycles. The standard InChI is InChI=1S/C6H8ClNO2S/c1-2-11(9,10)5-3-4-8-6(5)7/h3-4,8H,2H2,1H3. The molecule has 0 saturated heterocycles. The van der Waals surface area contributed by atoms with Crippen molar-refractivity contribution in [1.82, 2.24) is 4.98 Å². The van der Waals surface area contributed by atoms with Crippen LogP contribution in [0.3, 0.4) is 0 Å². The van der Waals surface area contributed by atoms with Crippen LogP contribution < -0.4 is 0 Å². The van der Waals surface area contributed by atoms with Crippen LogP contribution in [-0.2, 0) is 9.84 Å². The van der Waals surface area contributed by atoms with Crippen molar-refractivity contribution in [2.24, 2.45) is 0 Å². The fourth-order valence-electron chi connectivity index (χ4n) is 0.731. The molecular formula is C6H8ClNO2S. The lowest BCUT2D eigenvalue weighted by atomic mass is 10.7. The number of hydrogen-bond donors (Lipinski definition) is 1. The van der Waals surface area contributed by atoms with Gasteiger partial charge in [-0.05, 0) is 6.07 Å². The summed E-state index contributed by atoms with van der Waals surface area (Å²) in [4.78, 5) is 2.78. The van der Waals surface area contributed by atoms with Gasteiger partial charge in [-0.25, -0.2) is 8.42 Å². The topological polar surface area (TPSA) is 49.9 Å². The number of aromatic amines is 1. The number of rotatable bonds is 2. The Labute approximate surface area is 70.3 Å². The Hall–Kier alpha value is -0.480. The Balaban J connectivity index is 3.22. The maximum Gasteiger partial charge on any atom is 0.181 e. The Kier molecular flexibility index (Phi) is 2.25. The van der Waals surface area contributed by atoms with Gasteiger partial charge < -0.3 is 4.98 Å². The molecule has 1 aromatic heterocycles. The SMILES string of the molecule is CCS(=O)(=O)c1cc[nH]c1Cl. The molecule has 0 atom stereocenters. The Bertz CT molecular complexity index is 341. The molecule has 5 heteroatoms. The van der Waals surface area contributed by atoms with E-state index in [0.29, 0.717) is 0 Å². The monoisotopic (exact) mass is 193 g/mol. The molecule has 3 nitrogen and oxygen atoms in total.